The third kappa shape index (κ3) is 1.80. The largest absolute Gasteiger partial charge is 0.334 e. The number of benzene rings is 1. The summed E-state index contributed by atoms with van der Waals surface area (Å²) in [5.41, 5.74) is 5.19. The highest BCUT2D eigenvalue weighted by Gasteiger charge is 2.45. The molecule has 0 aliphatic heterocycles. The van der Waals surface area contributed by atoms with Gasteiger partial charge in [-0.05, 0) is 26.0 Å². The van der Waals surface area contributed by atoms with Crippen LogP contribution >= 0.6 is 0 Å². The molecule has 0 saturated carbocycles. The second-order valence-corrected chi connectivity index (χ2v) is 4.86. The summed E-state index contributed by atoms with van der Waals surface area (Å²) in [7, 11) is 1.82. The van der Waals surface area contributed by atoms with E-state index in [4.69, 9.17) is 5.73 Å². The van der Waals surface area contributed by atoms with Crippen molar-refractivity contribution in [3.8, 4) is 0 Å². The van der Waals surface area contributed by atoms with E-state index in [0.29, 0.717) is 5.52 Å². The van der Waals surface area contributed by atoms with Gasteiger partial charge in [-0.2, -0.15) is 8.78 Å². The van der Waals surface area contributed by atoms with Crippen LogP contribution in [0, 0.1) is 0 Å². The first-order valence-corrected chi connectivity index (χ1v) is 5.32. The molecule has 0 aliphatic carbocycles. The Morgan fingerprint density at radius 1 is 1.29 bits per heavy atom. The van der Waals surface area contributed by atoms with Crippen molar-refractivity contribution in [2.75, 3.05) is 0 Å². The predicted octanol–water partition coefficient (Wildman–Crippen LogP) is 2.40. The van der Waals surface area contributed by atoms with E-state index in [1.807, 2.05) is 7.05 Å². The zero-order valence-corrected chi connectivity index (χ0v) is 10.0. The molecule has 2 rings (SSSR count). The van der Waals surface area contributed by atoms with Crippen molar-refractivity contribution in [2.24, 2.45) is 12.8 Å². The minimum Gasteiger partial charge on any atom is -0.334 e. The lowest BCUT2D eigenvalue weighted by Crippen LogP contribution is -2.48. The first-order valence-electron chi connectivity index (χ1n) is 5.32. The number of nitrogens with zero attached hydrogens (tertiary/aromatic N) is 2. The summed E-state index contributed by atoms with van der Waals surface area (Å²) in [5.74, 6) is -3.08. The Bertz CT molecular complexity index is 552. The molecule has 17 heavy (non-hydrogen) atoms. The van der Waals surface area contributed by atoms with E-state index in [0.717, 1.165) is 5.52 Å². The fourth-order valence-corrected chi connectivity index (χ4v) is 1.70. The fraction of sp³-hybridized carbons (Fsp3) is 0.417. The Morgan fingerprint density at radius 2 is 1.94 bits per heavy atom. The number of rotatable bonds is 2. The lowest BCUT2D eigenvalue weighted by Gasteiger charge is -2.30. The molecule has 0 spiro atoms. The van der Waals surface area contributed by atoms with E-state index >= 15 is 0 Å². The molecule has 0 fully saturated rings. The highest BCUT2D eigenvalue weighted by Crippen LogP contribution is 2.37. The maximum absolute atomic E-state index is 14.0. The summed E-state index contributed by atoms with van der Waals surface area (Å²) in [6.45, 7) is 2.63. The predicted molar refractivity (Wildman–Crippen MR) is 62.9 cm³/mol. The van der Waals surface area contributed by atoms with Crippen molar-refractivity contribution < 1.29 is 8.78 Å². The third-order valence-electron chi connectivity index (χ3n) is 2.90. The Labute approximate surface area is 98.2 Å². The second kappa shape index (κ2) is 3.50. The van der Waals surface area contributed by atoms with Crippen molar-refractivity contribution in [3.63, 3.8) is 0 Å². The van der Waals surface area contributed by atoms with Gasteiger partial charge in [0.25, 0.3) is 5.92 Å². The number of nitrogens with two attached hydrogens (primary N) is 1. The standard InChI is InChI=1S/C12H15F2N3/c1-11(2,15)12(13,14)8-4-5-10-9(6-8)16-7-17(10)3/h4-7H,15H2,1-3H3. The number of alkyl halides is 2. The first-order chi connectivity index (χ1) is 7.73. The van der Waals surface area contributed by atoms with Crippen LogP contribution < -0.4 is 5.73 Å². The van der Waals surface area contributed by atoms with E-state index < -0.39 is 11.5 Å². The average molecular weight is 239 g/mol. The maximum Gasteiger partial charge on any atom is 0.290 e. The molecule has 0 aliphatic rings. The van der Waals surface area contributed by atoms with Gasteiger partial charge in [0.2, 0.25) is 0 Å². The molecular weight excluding hydrogens is 224 g/mol. The molecular formula is C12H15F2N3. The molecule has 1 heterocycles. The van der Waals surface area contributed by atoms with Crippen LogP contribution in [0.5, 0.6) is 0 Å². The van der Waals surface area contributed by atoms with Crippen molar-refractivity contribution in [1.29, 1.82) is 0 Å². The quantitative estimate of drug-likeness (QED) is 0.874. The van der Waals surface area contributed by atoms with Crippen LogP contribution in [0.15, 0.2) is 24.5 Å². The molecule has 1 aromatic heterocycles. The highest BCUT2D eigenvalue weighted by atomic mass is 19.3. The number of aryl methyl sites for hydroxylation is 1. The van der Waals surface area contributed by atoms with Gasteiger partial charge in [0.05, 0.1) is 22.9 Å². The van der Waals surface area contributed by atoms with Gasteiger partial charge in [-0.15, -0.1) is 0 Å². The van der Waals surface area contributed by atoms with Gasteiger partial charge in [0.1, 0.15) is 0 Å². The summed E-state index contributed by atoms with van der Waals surface area (Å²) in [6.07, 6.45) is 1.60. The number of aromatic nitrogens is 2. The number of imidazole rings is 1. The van der Waals surface area contributed by atoms with Crippen LogP contribution in [-0.4, -0.2) is 15.1 Å². The minimum absolute atomic E-state index is 0.101. The van der Waals surface area contributed by atoms with Crippen molar-refractivity contribution >= 4 is 11.0 Å². The van der Waals surface area contributed by atoms with Gasteiger partial charge >= 0.3 is 0 Å². The molecule has 2 aromatic rings. The number of hydrogen-bond acceptors (Lipinski definition) is 2. The normalized spacial score (nSPS) is 13.3. The average Bonchev–Trinajstić information content (AvgIpc) is 2.58. The van der Waals surface area contributed by atoms with E-state index in [9.17, 15) is 8.78 Å². The Morgan fingerprint density at radius 3 is 2.53 bits per heavy atom. The Hall–Kier alpha value is -1.49. The van der Waals surface area contributed by atoms with Crippen molar-refractivity contribution in [1.82, 2.24) is 9.55 Å². The molecule has 3 nitrogen and oxygen atoms in total. The Kier molecular flexibility index (Phi) is 2.47. The van der Waals surface area contributed by atoms with Gasteiger partial charge in [0, 0.05) is 12.6 Å². The first kappa shape index (κ1) is 12.0. The number of halogens is 2. The molecule has 0 amide bonds. The molecule has 0 radical (unpaired) electrons. The smallest absolute Gasteiger partial charge is 0.290 e. The zero-order valence-electron chi connectivity index (χ0n) is 10.0. The van der Waals surface area contributed by atoms with Gasteiger partial charge in [-0.3, -0.25) is 0 Å². The van der Waals surface area contributed by atoms with Crippen LogP contribution in [0.1, 0.15) is 19.4 Å². The lowest BCUT2D eigenvalue weighted by molar-refractivity contribution is -0.0671. The molecule has 0 saturated heterocycles. The number of hydrogen-bond donors (Lipinski definition) is 1. The molecule has 2 N–H and O–H groups in total. The van der Waals surface area contributed by atoms with Crippen LogP contribution in [0.2, 0.25) is 0 Å². The van der Waals surface area contributed by atoms with E-state index in [1.54, 1.807) is 17.0 Å². The van der Waals surface area contributed by atoms with E-state index in [2.05, 4.69) is 4.98 Å². The van der Waals surface area contributed by atoms with Crippen molar-refractivity contribution in [3.05, 3.63) is 30.1 Å². The van der Waals surface area contributed by atoms with Crippen LogP contribution in [0.25, 0.3) is 11.0 Å². The van der Waals surface area contributed by atoms with Gasteiger partial charge in [-0.1, -0.05) is 6.07 Å². The summed E-state index contributed by atoms with van der Waals surface area (Å²) < 4.78 is 29.9. The Balaban J connectivity index is 2.57. The van der Waals surface area contributed by atoms with Gasteiger partial charge < -0.3 is 10.3 Å². The summed E-state index contributed by atoms with van der Waals surface area (Å²) in [6, 6.07) is 4.43. The highest BCUT2D eigenvalue weighted by molar-refractivity contribution is 5.76. The monoisotopic (exact) mass is 239 g/mol. The molecule has 0 unspecified atom stereocenters. The molecule has 0 bridgehead atoms. The van der Waals surface area contributed by atoms with Crippen LogP contribution in [0.3, 0.4) is 0 Å². The van der Waals surface area contributed by atoms with E-state index in [1.165, 1.54) is 26.0 Å². The lowest BCUT2D eigenvalue weighted by atomic mass is 9.91. The molecule has 0 atom stereocenters. The van der Waals surface area contributed by atoms with Crippen LogP contribution in [0.4, 0.5) is 8.78 Å². The minimum atomic E-state index is -3.08. The molecule has 92 valence electrons. The summed E-state index contributed by atoms with van der Waals surface area (Å²) >= 11 is 0. The topological polar surface area (TPSA) is 43.8 Å². The zero-order chi connectivity index (χ0) is 12.8. The van der Waals surface area contributed by atoms with Gasteiger partial charge in [0.15, 0.2) is 0 Å². The van der Waals surface area contributed by atoms with Crippen LogP contribution in [-0.2, 0) is 13.0 Å². The number of fused-ring (bicyclic) bond motifs is 1. The van der Waals surface area contributed by atoms with Crippen molar-refractivity contribution in [2.45, 2.75) is 25.3 Å². The summed E-state index contributed by atoms with van der Waals surface area (Å²) in [4.78, 5) is 4.06. The van der Waals surface area contributed by atoms with E-state index in [-0.39, 0.29) is 5.56 Å². The van der Waals surface area contributed by atoms with Gasteiger partial charge in [-0.25, -0.2) is 4.98 Å². The molecule has 1 aromatic carbocycles. The molecule has 5 heteroatoms. The second-order valence-electron chi connectivity index (χ2n) is 4.86. The fourth-order valence-electron chi connectivity index (χ4n) is 1.70. The SMILES string of the molecule is Cn1cnc2cc(C(F)(F)C(C)(C)N)ccc21. The maximum atomic E-state index is 14.0. The summed E-state index contributed by atoms with van der Waals surface area (Å²) in [5, 5.41) is 0. The third-order valence-corrected chi connectivity index (χ3v) is 2.90.